The second-order valence-electron chi connectivity index (χ2n) is 5.09. The van der Waals surface area contributed by atoms with Gasteiger partial charge in [0.15, 0.2) is 5.78 Å². The minimum Gasteiger partial charge on any atom is -0.289 e. The van der Waals surface area contributed by atoms with Crippen LogP contribution in [-0.4, -0.2) is 11.6 Å². The van der Waals surface area contributed by atoms with Gasteiger partial charge in [0.05, 0.1) is 5.56 Å². The summed E-state index contributed by atoms with van der Waals surface area (Å²) in [5, 5.41) is 9.24. The number of nitrogens with zero attached hydrogens (tertiary/aromatic N) is 2. The fraction of sp³-hybridized carbons (Fsp3) is 0.0588. The monoisotopic (exact) mass is 273 g/mol. The van der Waals surface area contributed by atoms with Gasteiger partial charge in [0.1, 0.15) is 4.98 Å². The van der Waals surface area contributed by atoms with Gasteiger partial charge in [-0.3, -0.25) is 9.59 Å². The van der Waals surface area contributed by atoms with E-state index in [1.165, 1.54) is 0 Å². The van der Waals surface area contributed by atoms with Crippen LogP contribution >= 0.6 is 0 Å². The van der Waals surface area contributed by atoms with Crippen molar-refractivity contribution >= 4 is 22.7 Å². The second-order valence-corrected chi connectivity index (χ2v) is 5.09. The van der Waals surface area contributed by atoms with Crippen LogP contribution in [0.1, 0.15) is 33.1 Å². The molecule has 0 saturated carbocycles. The topological polar surface area (TPSA) is 62.3 Å². The van der Waals surface area contributed by atoms with Gasteiger partial charge in [0, 0.05) is 16.7 Å². The average Bonchev–Trinajstić information content (AvgIpc) is 2.82. The van der Waals surface area contributed by atoms with Crippen molar-refractivity contribution in [3.05, 3.63) is 75.8 Å². The van der Waals surface area contributed by atoms with Gasteiger partial charge in [0.25, 0.3) is 5.78 Å². The molecule has 4 nitrogen and oxygen atoms in total. The van der Waals surface area contributed by atoms with Crippen molar-refractivity contribution in [2.24, 2.45) is 0 Å². The summed E-state index contributed by atoms with van der Waals surface area (Å²) in [5.41, 5.74) is 3.21. The molecule has 0 N–H and O–H groups in total. The highest BCUT2D eigenvalue weighted by Gasteiger charge is 2.48. The Morgan fingerprint density at radius 1 is 0.810 bits per heavy atom. The lowest BCUT2D eigenvalue weighted by Crippen LogP contribution is -2.18. The molecule has 0 fully saturated rings. The summed E-state index contributed by atoms with van der Waals surface area (Å²) >= 11 is 0. The molecule has 2 aliphatic rings. The zero-order valence-corrected chi connectivity index (χ0v) is 10.9. The first kappa shape index (κ1) is 11.7. The molecule has 0 aliphatic heterocycles. The smallest absolute Gasteiger partial charge is 0.289 e. The number of Topliss-reactive ketones (excluding diaryl/α,β-unsaturated/α-hetero) is 2. The first-order valence-corrected chi connectivity index (χ1v) is 6.60. The molecule has 2 aromatic rings. The number of allylic oxidation sites excluding steroid dienone is 1. The maximum Gasteiger partial charge on any atom is 0.401 e. The molecule has 2 aliphatic carbocycles. The Balaban J connectivity index is 2.11. The highest BCUT2D eigenvalue weighted by atomic mass is 16.1. The molecular formula is C17H9N2O2+. The van der Waals surface area contributed by atoms with Gasteiger partial charge in [-0.2, -0.15) is 0 Å². The molecule has 4 rings (SSSR count). The standard InChI is InChI=1S/C17H9N2O2/c18-19-15-11-7-3-1-5-9(11)13-14(17(15)21)10-6-2-4-8-12(10)16(13)20/h1-8,15H/q+1. The van der Waals surface area contributed by atoms with E-state index in [2.05, 4.69) is 4.98 Å². The van der Waals surface area contributed by atoms with Crippen LogP contribution in [0.4, 0.5) is 0 Å². The van der Waals surface area contributed by atoms with Crippen LogP contribution in [0.2, 0.25) is 0 Å². The van der Waals surface area contributed by atoms with Crippen molar-refractivity contribution < 1.29 is 9.59 Å². The predicted molar refractivity (Wildman–Crippen MR) is 76.9 cm³/mol. The van der Waals surface area contributed by atoms with Gasteiger partial charge in [-0.15, -0.1) is 0 Å². The maximum atomic E-state index is 12.6. The van der Waals surface area contributed by atoms with Crippen LogP contribution < -0.4 is 0 Å². The van der Waals surface area contributed by atoms with Crippen LogP contribution in [0.3, 0.4) is 0 Å². The summed E-state index contributed by atoms with van der Waals surface area (Å²) in [4.78, 5) is 28.5. The summed E-state index contributed by atoms with van der Waals surface area (Å²) in [7, 11) is 0. The van der Waals surface area contributed by atoms with E-state index in [0.29, 0.717) is 33.4 Å². The molecule has 1 atom stereocenters. The van der Waals surface area contributed by atoms with Crippen LogP contribution in [0.5, 0.6) is 0 Å². The Morgan fingerprint density at radius 3 is 2.14 bits per heavy atom. The zero-order valence-electron chi connectivity index (χ0n) is 10.9. The van der Waals surface area contributed by atoms with Crippen molar-refractivity contribution in [3.8, 4) is 0 Å². The van der Waals surface area contributed by atoms with Gasteiger partial charge < -0.3 is 0 Å². The molecule has 21 heavy (non-hydrogen) atoms. The van der Waals surface area contributed by atoms with Crippen molar-refractivity contribution in [3.63, 3.8) is 0 Å². The molecule has 0 spiro atoms. The molecule has 4 heteroatoms. The Bertz CT molecular complexity index is 903. The molecule has 2 aromatic carbocycles. The SMILES string of the molecule is N#[N+]C1C(=O)C2=C(C(=O)c3ccccc32)c2ccccc21. The number of fused-ring (bicyclic) bond motifs is 4. The Hall–Kier alpha value is -3.06. The van der Waals surface area contributed by atoms with Crippen molar-refractivity contribution in [1.82, 2.24) is 0 Å². The van der Waals surface area contributed by atoms with E-state index >= 15 is 0 Å². The highest BCUT2D eigenvalue weighted by molar-refractivity contribution is 6.51. The number of hydrogen-bond acceptors (Lipinski definition) is 3. The maximum absolute atomic E-state index is 12.6. The van der Waals surface area contributed by atoms with Crippen LogP contribution in [0.15, 0.2) is 48.5 Å². The molecule has 0 saturated heterocycles. The summed E-state index contributed by atoms with van der Waals surface area (Å²) in [6, 6.07) is 13.2. The first-order chi connectivity index (χ1) is 10.2. The normalized spacial score (nSPS) is 18.9. The number of carbonyl (C=O) groups is 2. The van der Waals surface area contributed by atoms with Gasteiger partial charge in [0.2, 0.25) is 5.39 Å². The van der Waals surface area contributed by atoms with Crippen molar-refractivity contribution in [2.45, 2.75) is 6.04 Å². The first-order valence-electron chi connectivity index (χ1n) is 6.60. The number of diazo groups is 1. The summed E-state index contributed by atoms with van der Waals surface area (Å²) in [6.07, 6.45) is 0. The predicted octanol–water partition coefficient (Wildman–Crippen LogP) is 3.27. The number of rotatable bonds is 0. The van der Waals surface area contributed by atoms with E-state index in [0.717, 1.165) is 0 Å². The molecule has 0 amide bonds. The average molecular weight is 273 g/mol. The van der Waals surface area contributed by atoms with Gasteiger partial charge in [-0.25, -0.2) is 0 Å². The van der Waals surface area contributed by atoms with Gasteiger partial charge in [-0.1, -0.05) is 42.5 Å². The lowest BCUT2D eigenvalue weighted by atomic mass is 9.82. The van der Waals surface area contributed by atoms with E-state index in [-0.39, 0.29) is 11.6 Å². The molecular weight excluding hydrogens is 264 g/mol. The minimum absolute atomic E-state index is 0.141. The van der Waals surface area contributed by atoms with Crippen molar-refractivity contribution in [2.75, 3.05) is 0 Å². The molecule has 1 unspecified atom stereocenters. The molecule has 0 bridgehead atoms. The van der Waals surface area contributed by atoms with Gasteiger partial charge in [-0.05, 0) is 17.2 Å². The largest absolute Gasteiger partial charge is 0.401 e. The summed E-state index contributed by atoms with van der Waals surface area (Å²) in [5.74, 6) is -0.470. The lowest BCUT2D eigenvalue weighted by molar-refractivity contribution is -0.114. The number of hydrogen-bond donors (Lipinski definition) is 0. The fourth-order valence-electron chi connectivity index (χ4n) is 3.15. The van der Waals surface area contributed by atoms with Crippen LogP contribution in [0, 0.1) is 5.39 Å². The lowest BCUT2D eigenvalue weighted by Gasteiger charge is -2.15. The molecule has 0 radical (unpaired) electrons. The summed E-state index contributed by atoms with van der Waals surface area (Å²) < 4.78 is 0. The number of ketones is 2. The highest BCUT2D eigenvalue weighted by Crippen LogP contribution is 2.47. The Labute approximate surface area is 120 Å². The van der Waals surface area contributed by atoms with Gasteiger partial charge >= 0.3 is 6.04 Å². The van der Waals surface area contributed by atoms with E-state index in [1.807, 2.05) is 6.07 Å². The van der Waals surface area contributed by atoms with E-state index in [1.54, 1.807) is 42.5 Å². The Morgan fingerprint density at radius 2 is 1.43 bits per heavy atom. The fourth-order valence-corrected chi connectivity index (χ4v) is 3.15. The quantitative estimate of drug-likeness (QED) is 0.692. The third-order valence-electron chi connectivity index (χ3n) is 4.05. The number of carbonyl (C=O) groups excluding carboxylic acids is 2. The van der Waals surface area contributed by atoms with Crippen LogP contribution in [0.25, 0.3) is 16.1 Å². The number of benzene rings is 2. The second kappa shape index (κ2) is 3.97. The summed E-state index contributed by atoms with van der Waals surface area (Å²) in [6.45, 7) is 0. The third-order valence-corrected chi connectivity index (χ3v) is 4.05. The van der Waals surface area contributed by atoms with E-state index in [9.17, 15) is 15.0 Å². The van der Waals surface area contributed by atoms with Crippen molar-refractivity contribution in [1.29, 1.82) is 5.39 Å². The third kappa shape index (κ3) is 1.35. The zero-order chi connectivity index (χ0) is 14.6. The van der Waals surface area contributed by atoms with E-state index < -0.39 is 6.04 Å². The Kier molecular flexibility index (Phi) is 2.22. The molecule has 98 valence electrons. The molecule has 0 aromatic heterocycles. The minimum atomic E-state index is -0.959. The van der Waals surface area contributed by atoms with E-state index in [4.69, 9.17) is 0 Å². The van der Waals surface area contributed by atoms with Crippen LogP contribution in [-0.2, 0) is 4.79 Å². The molecule has 0 heterocycles.